The van der Waals surface area contributed by atoms with E-state index in [1.54, 1.807) is 23.1 Å². The number of piperidine rings is 1. The van der Waals surface area contributed by atoms with Crippen molar-refractivity contribution in [3.63, 3.8) is 0 Å². The highest BCUT2D eigenvalue weighted by Gasteiger charge is 2.26. The normalized spacial score (nSPS) is 17.1. The van der Waals surface area contributed by atoms with E-state index in [0.29, 0.717) is 24.3 Å². The molecule has 1 saturated heterocycles. The molecule has 6 heteroatoms. The molecule has 3 aromatic rings. The maximum atomic E-state index is 13.4. The van der Waals surface area contributed by atoms with E-state index < -0.39 is 0 Å². The van der Waals surface area contributed by atoms with E-state index in [4.69, 9.17) is 0 Å². The largest absolute Gasteiger partial charge is 0.380 e. The van der Waals surface area contributed by atoms with Gasteiger partial charge in [0.05, 0.1) is 0 Å². The third-order valence-electron chi connectivity index (χ3n) is 4.89. The van der Waals surface area contributed by atoms with Crippen LogP contribution >= 0.6 is 0 Å². The Morgan fingerprint density at radius 3 is 2.85 bits per heavy atom. The van der Waals surface area contributed by atoms with E-state index >= 15 is 0 Å². The van der Waals surface area contributed by atoms with Crippen LogP contribution in [0.2, 0.25) is 0 Å². The number of H-pyrrole nitrogens is 1. The number of hydrogen-bond donors (Lipinski definition) is 2. The van der Waals surface area contributed by atoms with Crippen molar-refractivity contribution >= 4 is 22.5 Å². The van der Waals surface area contributed by atoms with Crippen LogP contribution in [0, 0.1) is 5.82 Å². The quantitative estimate of drug-likeness (QED) is 0.748. The summed E-state index contributed by atoms with van der Waals surface area (Å²) >= 11 is 0. The second-order valence-electron chi connectivity index (χ2n) is 6.84. The summed E-state index contributed by atoms with van der Waals surface area (Å²) < 4.78 is 13.4. The van der Waals surface area contributed by atoms with E-state index in [2.05, 4.69) is 10.3 Å². The van der Waals surface area contributed by atoms with Crippen LogP contribution in [-0.4, -0.2) is 34.9 Å². The Kier molecular flexibility index (Phi) is 4.62. The lowest BCUT2D eigenvalue weighted by Crippen LogP contribution is -2.46. The smallest absolute Gasteiger partial charge is 0.261 e. The van der Waals surface area contributed by atoms with Crippen molar-refractivity contribution in [1.29, 1.82) is 0 Å². The van der Waals surface area contributed by atoms with Crippen LogP contribution < -0.4 is 10.9 Å². The van der Waals surface area contributed by atoms with Crippen LogP contribution in [0.1, 0.15) is 23.2 Å². The average Bonchev–Trinajstić information content (AvgIpc) is 2.67. The van der Waals surface area contributed by atoms with Gasteiger partial charge in [0.25, 0.3) is 11.5 Å². The fourth-order valence-corrected chi connectivity index (χ4v) is 3.57. The molecule has 2 heterocycles. The summed E-state index contributed by atoms with van der Waals surface area (Å²) in [6, 6.07) is 15.3. The minimum Gasteiger partial charge on any atom is -0.380 e. The molecule has 1 aromatic heterocycles. The minimum atomic E-state index is -0.376. The van der Waals surface area contributed by atoms with Gasteiger partial charge in [-0.2, -0.15) is 0 Å². The van der Waals surface area contributed by atoms with Gasteiger partial charge < -0.3 is 15.2 Å². The molecule has 1 fully saturated rings. The molecule has 1 atom stereocenters. The Labute approximate surface area is 155 Å². The summed E-state index contributed by atoms with van der Waals surface area (Å²) in [6.45, 7) is 1.08. The number of nitrogens with zero attached hydrogens (tertiary/aromatic N) is 1. The predicted molar refractivity (Wildman–Crippen MR) is 104 cm³/mol. The number of benzene rings is 2. The second kappa shape index (κ2) is 7.23. The number of anilines is 1. The lowest BCUT2D eigenvalue weighted by atomic mass is 10.0. The molecule has 1 aliphatic heterocycles. The molecule has 138 valence electrons. The van der Waals surface area contributed by atoms with Gasteiger partial charge in [-0.3, -0.25) is 9.59 Å². The first-order chi connectivity index (χ1) is 13.1. The monoisotopic (exact) mass is 365 g/mol. The fraction of sp³-hybridized carbons (Fsp3) is 0.238. The molecule has 4 rings (SSSR count). The number of para-hydroxylation sites is 1. The molecule has 1 aliphatic rings. The third kappa shape index (κ3) is 3.69. The molecule has 27 heavy (non-hydrogen) atoms. The highest BCUT2D eigenvalue weighted by molar-refractivity contribution is 5.97. The Balaban J connectivity index is 1.53. The van der Waals surface area contributed by atoms with Gasteiger partial charge in [-0.1, -0.05) is 24.3 Å². The molecule has 2 aromatic carbocycles. The van der Waals surface area contributed by atoms with E-state index in [9.17, 15) is 14.0 Å². The minimum absolute atomic E-state index is 0.0176. The van der Waals surface area contributed by atoms with Crippen LogP contribution in [0.5, 0.6) is 0 Å². The van der Waals surface area contributed by atoms with Crippen molar-refractivity contribution in [1.82, 2.24) is 9.88 Å². The van der Waals surface area contributed by atoms with Gasteiger partial charge in [0.15, 0.2) is 0 Å². The van der Waals surface area contributed by atoms with E-state index in [0.717, 1.165) is 18.2 Å². The number of carbonyl (C=O) groups excluding carboxylic acids is 1. The molecular weight excluding hydrogens is 345 g/mol. The first-order valence-corrected chi connectivity index (χ1v) is 9.03. The van der Waals surface area contributed by atoms with Crippen molar-refractivity contribution in [2.24, 2.45) is 0 Å². The molecule has 0 radical (unpaired) electrons. The highest BCUT2D eigenvalue weighted by Crippen LogP contribution is 2.19. The number of hydrogen-bond acceptors (Lipinski definition) is 3. The van der Waals surface area contributed by atoms with Crippen molar-refractivity contribution < 1.29 is 9.18 Å². The van der Waals surface area contributed by atoms with E-state index in [-0.39, 0.29) is 28.9 Å². The Bertz CT molecular complexity index is 1050. The summed E-state index contributed by atoms with van der Waals surface area (Å²) in [7, 11) is 0. The van der Waals surface area contributed by atoms with Gasteiger partial charge in [0.1, 0.15) is 11.4 Å². The van der Waals surface area contributed by atoms with Crippen molar-refractivity contribution in [2.45, 2.75) is 18.9 Å². The Morgan fingerprint density at radius 2 is 2.00 bits per heavy atom. The summed E-state index contributed by atoms with van der Waals surface area (Å²) in [5.74, 6) is -0.570. The van der Waals surface area contributed by atoms with Gasteiger partial charge in [0.2, 0.25) is 0 Å². The topological polar surface area (TPSA) is 65.2 Å². The first-order valence-electron chi connectivity index (χ1n) is 9.03. The molecule has 2 N–H and O–H groups in total. The zero-order valence-corrected chi connectivity index (χ0v) is 14.7. The molecule has 5 nitrogen and oxygen atoms in total. The molecule has 0 bridgehead atoms. The number of pyridine rings is 1. The maximum Gasteiger partial charge on any atom is 0.261 e. The zero-order chi connectivity index (χ0) is 18.8. The molecular formula is C21H20FN3O2. The lowest BCUT2D eigenvalue weighted by molar-refractivity contribution is 0.0713. The number of rotatable bonds is 3. The number of amides is 1. The van der Waals surface area contributed by atoms with Crippen LogP contribution in [0.25, 0.3) is 10.9 Å². The number of nitrogens with one attached hydrogen (secondary N) is 2. The average molecular weight is 365 g/mol. The van der Waals surface area contributed by atoms with Crippen LogP contribution in [0.15, 0.2) is 59.4 Å². The van der Waals surface area contributed by atoms with Crippen molar-refractivity contribution in [2.75, 3.05) is 18.4 Å². The maximum absolute atomic E-state index is 13.4. The summed E-state index contributed by atoms with van der Waals surface area (Å²) in [6.07, 6.45) is 1.71. The summed E-state index contributed by atoms with van der Waals surface area (Å²) in [5, 5.41) is 4.11. The number of halogens is 1. The van der Waals surface area contributed by atoms with Crippen LogP contribution in [0.3, 0.4) is 0 Å². The number of likely N-dealkylation sites (tertiary alicyclic amines) is 1. The fourth-order valence-electron chi connectivity index (χ4n) is 3.57. The second-order valence-corrected chi connectivity index (χ2v) is 6.84. The van der Waals surface area contributed by atoms with Gasteiger partial charge in [0, 0.05) is 30.3 Å². The van der Waals surface area contributed by atoms with Gasteiger partial charge >= 0.3 is 0 Å². The number of fused-ring (bicyclic) bond motifs is 1. The Morgan fingerprint density at radius 1 is 1.15 bits per heavy atom. The van der Waals surface area contributed by atoms with Crippen LogP contribution in [0.4, 0.5) is 10.1 Å². The zero-order valence-electron chi connectivity index (χ0n) is 14.7. The molecule has 0 saturated carbocycles. The Hall–Kier alpha value is -3.15. The van der Waals surface area contributed by atoms with Gasteiger partial charge in [-0.15, -0.1) is 0 Å². The van der Waals surface area contributed by atoms with E-state index in [1.807, 2.05) is 24.3 Å². The van der Waals surface area contributed by atoms with E-state index in [1.165, 1.54) is 12.1 Å². The molecule has 0 spiro atoms. The van der Waals surface area contributed by atoms with Gasteiger partial charge in [-0.25, -0.2) is 4.39 Å². The lowest BCUT2D eigenvalue weighted by Gasteiger charge is -2.33. The third-order valence-corrected chi connectivity index (χ3v) is 4.89. The summed E-state index contributed by atoms with van der Waals surface area (Å²) in [4.78, 5) is 29.8. The number of carbonyl (C=O) groups is 1. The van der Waals surface area contributed by atoms with Crippen LogP contribution in [-0.2, 0) is 0 Å². The van der Waals surface area contributed by atoms with Crippen molar-refractivity contribution in [3.8, 4) is 0 Å². The predicted octanol–water partition coefficient (Wildman–Crippen LogP) is 3.38. The summed E-state index contributed by atoms with van der Waals surface area (Å²) in [5.41, 5.74) is 1.18. The molecule has 0 aliphatic carbocycles. The SMILES string of the molecule is O=C(c1cc2ccccc2[nH]c1=O)N1CCC[C@H](Nc2cccc(F)c2)C1. The first kappa shape index (κ1) is 17.3. The molecule has 1 amide bonds. The molecule has 0 unspecified atom stereocenters. The van der Waals surface area contributed by atoms with Crippen molar-refractivity contribution in [3.05, 3.63) is 76.3 Å². The standard InChI is InChI=1S/C21H20FN3O2/c22-15-6-3-7-16(12-15)23-17-8-4-10-25(13-17)21(27)18-11-14-5-1-2-9-19(14)24-20(18)26/h1-3,5-7,9,11-12,17,23H,4,8,10,13H2,(H,24,26)/t17-/m0/s1. The highest BCUT2D eigenvalue weighted by atomic mass is 19.1. The number of aromatic amines is 1. The van der Waals surface area contributed by atoms with Gasteiger partial charge in [-0.05, 0) is 48.6 Å². The number of aromatic nitrogens is 1.